The third kappa shape index (κ3) is 2.51. The summed E-state index contributed by atoms with van der Waals surface area (Å²) in [6.45, 7) is 3.63. The van der Waals surface area contributed by atoms with Crippen molar-refractivity contribution in [2.45, 2.75) is 18.7 Å². The Balaban J connectivity index is 2.47. The lowest BCUT2D eigenvalue weighted by molar-refractivity contribution is 0.599. The fourth-order valence-electron chi connectivity index (χ4n) is 1.92. The van der Waals surface area contributed by atoms with Crippen LogP contribution in [0.1, 0.15) is 16.7 Å². The fraction of sp³-hybridized carbons (Fsp3) is 0.231. The van der Waals surface area contributed by atoms with Crippen molar-refractivity contribution in [3.05, 3.63) is 41.1 Å². The molecule has 1 heterocycles. The molecule has 2 aromatic rings. The van der Waals surface area contributed by atoms with E-state index in [0.29, 0.717) is 5.56 Å². The predicted octanol–water partition coefficient (Wildman–Crippen LogP) is 1.71. The number of sulfonamides is 1. The van der Waals surface area contributed by atoms with E-state index in [1.807, 2.05) is 13.0 Å². The number of rotatable bonds is 3. The van der Waals surface area contributed by atoms with Crippen molar-refractivity contribution in [2.24, 2.45) is 7.05 Å². The summed E-state index contributed by atoms with van der Waals surface area (Å²) < 4.78 is 28.5. The van der Waals surface area contributed by atoms with Crippen molar-refractivity contribution in [1.82, 2.24) is 9.78 Å². The standard InChI is InChI=1S/C13H14N4O2S/c1-9-4-5-12(10(2)6-9)20(18,19)16-13-11(7-14)8-15-17(13)3/h4-6,8,16H,1-3H3. The largest absolute Gasteiger partial charge is 0.263 e. The molecule has 0 aliphatic heterocycles. The molecule has 1 N–H and O–H groups in total. The molecule has 7 heteroatoms. The van der Waals surface area contributed by atoms with Gasteiger partial charge in [0.2, 0.25) is 0 Å². The van der Waals surface area contributed by atoms with Gasteiger partial charge in [-0.3, -0.25) is 9.40 Å². The van der Waals surface area contributed by atoms with Gasteiger partial charge in [-0.1, -0.05) is 17.7 Å². The van der Waals surface area contributed by atoms with E-state index in [9.17, 15) is 8.42 Å². The Labute approximate surface area is 117 Å². The van der Waals surface area contributed by atoms with Gasteiger partial charge in [-0.25, -0.2) is 8.42 Å². The van der Waals surface area contributed by atoms with Gasteiger partial charge < -0.3 is 0 Å². The molecule has 0 saturated heterocycles. The highest BCUT2D eigenvalue weighted by molar-refractivity contribution is 7.92. The van der Waals surface area contributed by atoms with Crippen LogP contribution >= 0.6 is 0 Å². The van der Waals surface area contributed by atoms with E-state index in [1.54, 1.807) is 32.2 Å². The lowest BCUT2D eigenvalue weighted by Crippen LogP contribution is -2.17. The Bertz CT molecular complexity index is 800. The van der Waals surface area contributed by atoms with Crippen molar-refractivity contribution in [1.29, 1.82) is 5.26 Å². The van der Waals surface area contributed by atoms with Gasteiger partial charge in [-0.15, -0.1) is 0 Å². The van der Waals surface area contributed by atoms with Crippen LogP contribution in [-0.4, -0.2) is 18.2 Å². The monoisotopic (exact) mass is 290 g/mol. The maximum atomic E-state index is 12.4. The molecule has 0 fully saturated rings. The number of aromatic nitrogens is 2. The average molecular weight is 290 g/mol. The van der Waals surface area contributed by atoms with Gasteiger partial charge in [0.25, 0.3) is 10.0 Å². The van der Waals surface area contributed by atoms with Crippen molar-refractivity contribution >= 4 is 15.8 Å². The molecule has 2 rings (SSSR count). The molecule has 0 aliphatic rings. The Hall–Kier alpha value is -2.33. The van der Waals surface area contributed by atoms with Crippen LogP contribution in [0.5, 0.6) is 0 Å². The molecular weight excluding hydrogens is 276 g/mol. The number of benzene rings is 1. The van der Waals surface area contributed by atoms with E-state index < -0.39 is 10.0 Å². The minimum absolute atomic E-state index is 0.160. The van der Waals surface area contributed by atoms with E-state index in [4.69, 9.17) is 5.26 Å². The summed E-state index contributed by atoms with van der Waals surface area (Å²) in [4.78, 5) is 0.188. The van der Waals surface area contributed by atoms with Crippen LogP contribution in [0.4, 0.5) is 5.82 Å². The number of anilines is 1. The summed E-state index contributed by atoms with van der Waals surface area (Å²) in [5.41, 5.74) is 1.82. The lowest BCUT2D eigenvalue weighted by Gasteiger charge is -2.11. The maximum Gasteiger partial charge on any atom is 0.263 e. The van der Waals surface area contributed by atoms with Gasteiger partial charge in [0.05, 0.1) is 11.1 Å². The third-order valence-electron chi connectivity index (χ3n) is 2.91. The first kappa shape index (κ1) is 14.1. The second-order valence-electron chi connectivity index (χ2n) is 4.52. The van der Waals surface area contributed by atoms with Crippen LogP contribution in [0, 0.1) is 25.2 Å². The van der Waals surface area contributed by atoms with Gasteiger partial charge in [-0.2, -0.15) is 10.4 Å². The molecule has 1 aromatic heterocycles. The summed E-state index contributed by atoms with van der Waals surface area (Å²) in [6, 6.07) is 6.98. The molecule has 0 amide bonds. The highest BCUT2D eigenvalue weighted by atomic mass is 32.2. The Morgan fingerprint density at radius 2 is 2.05 bits per heavy atom. The minimum Gasteiger partial charge on any atom is -0.262 e. The molecule has 104 valence electrons. The summed E-state index contributed by atoms with van der Waals surface area (Å²) in [6.07, 6.45) is 1.32. The predicted molar refractivity (Wildman–Crippen MR) is 74.6 cm³/mol. The molecule has 0 bridgehead atoms. The molecule has 0 atom stereocenters. The SMILES string of the molecule is Cc1ccc(S(=O)(=O)Nc2c(C#N)cnn2C)c(C)c1. The van der Waals surface area contributed by atoms with E-state index >= 15 is 0 Å². The number of aryl methyl sites for hydroxylation is 3. The van der Waals surface area contributed by atoms with Gasteiger partial charge in [0.1, 0.15) is 11.6 Å². The smallest absolute Gasteiger partial charge is 0.262 e. The van der Waals surface area contributed by atoms with Crippen LogP contribution in [0.15, 0.2) is 29.3 Å². The highest BCUT2D eigenvalue weighted by Crippen LogP contribution is 2.21. The van der Waals surface area contributed by atoms with Crippen molar-refractivity contribution in [3.8, 4) is 6.07 Å². The second kappa shape index (κ2) is 4.98. The van der Waals surface area contributed by atoms with Crippen LogP contribution in [-0.2, 0) is 17.1 Å². The lowest BCUT2D eigenvalue weighted by atomic mass is 10.2. The van der Waals surface area contributed by atoms with Gasteiger partial charge in [-0.05, 0) is 25.5 Å². The molecule has 0 radical (unpaired) electrons. The maximum absolute atomic E-state index is 12.4. The number of hydrogen-bond acceptors (Lipinski definition) is 4. The Morgan fingerprint density at radius 1 is 1.35 bits per heavy atom. The van der Waals surface area contributed by atoms with Crippen LogP contribution in [0.2, 0.25) is 0 Å². The summed E-state index contributed by atoms with van der Waals surface area (Å²) in [7, 11) is -2.18. The van der Waals surface area contributed by atoms with Crippen molar-refractivity contribution in [2.75, 3.05) is 4.72 Å². The molecule has 0 aliphatic carbocycles. The van der Waals surface area contributed by atoms with E-state index in [-0.39, 0.29) is 16.3 Å². The molecule has 0 saturated carbocycles. The molecular formula is C13H14N4O2S. The van der Waals surface area contributed by atoms with Crippen molar-refractivity contribution in [3.63, 3.8) is 0 Å². The number of nitrogens with zero attached hydrogens (tertiary/aromatic N) is 3. The quantitative estimate of drug-likeness (QED) is 0.932. The van der Waals surface area contributed by atoms with E-state index in [2.05, 4.69) is 9.82 Å². The van der Waals surface area contributed by atoms with Crippen LogP contribution < -0.4 is 4.72 Å². The Morgan fingerprint density at radius 3 is 2.65 bits per heavy atom. The zero-order valence-corrected chi connectivity index (χ0v) is 12.2. The fourth-order valence-corrected chi connectivity index (χ4v) is 3.26. The van der Waals surface area contributed by atoms with Gasteiger partial charge in [0.15, 0.2) is 5.82 Å². The number of hydrogen-bond donors (Lipinski definition) is 1. The first-order valence-electron chi connectivity index (χ1n) is 5.87. The van der Waals surface area contributed by atoms with E-state index in [1.165, 1.54) is 10.9 Å². The highest BCUT2D eigenvalue weighted by Gasteiger charge is 2.20. The third-order valence-corrected chi connectivity index (χ3v) is 4.41. The molecule has 20 heavy (non-hydrogen) atoms. The van der Waals surface area contributed by atoms with E-state index in [0.717, 1.165) is 5.56 Å². The van der Waals surface area contributed by atoms with Gasteiger partial charge >= 0.3 is 0 Å². The first-order chi connectivity index (χ1) is 9.35. The summed E-state index contributed by atoms with van der Waals surface area (Å²) >= 11 is 0. The molecule has 1 aromatic carbocycles. The number of nitrogens with one attached hydrogen (secondary N) is 1. The first-order valence-corrected chi connectivity index (χ1v) is 7.35. The second-order valence-corrected chi connectivity index (χ2v) is 6.17. The Kier molecular flexibility index (Phi) is 3.51. The zero-order chi connectivity index (χ0) is 14.9. The molecule has 0 spiro atoms. The topological polar surface area (TPSA) is 87.8 Å². The van der Waals surface area contributed by atoms with Crippen LogP contribution in [0.25, 0.3) is 0 Å². The minimum atomic E-state index is -3.75. The average Bonchev–Trinajstić information content (AvgIpc) is 2.69. The zero-order valence-electron chi connectivity index (χ0n) is 11.4. The summed E-state index contributed by atoms with van der Waals surface area (Å²) in [5.74, 6) is 0.160. The molecule has 0 unspecified atom stereocenters. The van der Waals surface area contributed by atoms with Crippen molar-refractivity contribution < 1.29 is 8.42 Å². The molecule has 6 nitrogen and oxygen atoms in total. The van der Waals surface area contributed by atoms with Gasteiger partial charge in [0, 0.05) is 7.05 Å². The number of nitriles is 1. The normalized spacial score (nSPS) is 11.1. The van der Waals surface area contributed by atoms with Crippen LogP contribution in [0.3, 0.4) is 0 Å². The summed E-state index contributed by atoms with van der Waals surface area (Å²) in [5, 5.41) is 12.8.